The van der Waals surface area contributed by atoms with Gasteiger partial charge in [0.05, 0.1) is 12.2 Å². The fourth-order valence-electron chi connectivity index (χ4n) is 4.35. The molecule has 1 aromatic heterocycles. The van der Waals surface area contributed by atoms with Crippen LogP contribution in [0.25, 0.3) is 0 Å². The Morgan fingerprint density at radius 1 is 1.17 bits per heavy atom. The molecule has 0 radical (unpaired) electrons. The highest BCUT2D eigenvalue weighted by molar-refractivity contribution is 7.07. The molecule has 4 heterocycles. The largest absolute Gasteiger partial charge is 0.373 e. The molecule has 0 aromatic carbocycles. The lowest BCUT2D eigenvalue weighted by Gasteiger charge is -2.40. The van der Waals surface area contributed by atoms with Gasteiger partial charge in [-0.2, -0.15) is 11.3 Å². The maximum Gasteiger partial charge on any atom is 0.0723 e. The first-order valence-electron chi connectivity index (χ1n) is 9.02. The van der Waals surface area contributed by atoms with Crippen molar-refractivity contribution in [2.24, 2.45) is 0 Å². The van der Waals surface area contributed by atoms with Gasteiger partial charge in [0.15, 0.2) is 0 Å². The number of likely N-dealkylation sites (N-methyl/N-ethyl adjacent to an activating group) is 1. The highest BCUT2D eigenvalue weighted by atomic mass is 32.1. The zero-order chi connectivity index (χ0) is 15.7. The van der Waals surface area contributed by atoms with Crippen molar-refractivity contribution in [1.82, 2.24) is 14.7 Å². The van der Waals surface area contributed by atoms with Gasteiger partial charge in [-0.1, -0.05) is 0 Å². The van der Waals surface area contributed by atoms with Crippen LogP contribution in [0.3, 0.4) is 0 Å². The van der Waals surface area contributed by atoms with Crippen LogP contribution in [-0.4, -0.2) is 79.3 Å². The molecular weight excluding hydrogens is 306 g/mol. The molecule has 3 aliphatic heterocycles. The molecule has 1 spiro atoms. The average Bonchev–Trinajstić information content (AvgIpc) is 3.21. The maximum absolute atomic E-state index is 6.38. The Hall–Kier alpha value is -0.460. The van der Waals surface area contributed by atoms with E-state index in [0.717, 1.165) is 13.2 Å². The minimum Gasteiger partial charge on any atom is -0.373 e. The van der Waals surface area contributed by atoms with Gasteiger partial charge < -0.3 is 9.64 Å². The van der Waals surface area contributed by atoms with Gasteiger partial charge in [-0.25, -0.2) is 0 Å². The first kappa shape index (κ1) is 16.0. The smallest absolute Gasteiger partial charge is 0.0723 e. The Kier molecular flexibility index (Phi) is 4.74. The zero-order valence-electron chi connectivity index (χ0n) is 14.2. The summed E-state index contributed by atoms with van der Waals surface area (Å²) in [5.41, 5.74) is 1.65. The molecule has 3 fully saturated rings. The van der Waals surface area contributed by atoms with Crippen molar-refractivity contribution in [3.05, 3.63) is 22.4 Å². The van der Waals surface area contributed by atoms with Crippen LogP contribution in [0.5, 0.6) is 0 Å². The number of rotatable bonds is 3. The number of piperazine rings is 1. The van der Waals surface area contributed by atoms with Gasteiger partial charge in [-0.3, -0.25) is 9.80 Å². The fourth-order valence-corrected chi connectivity index (χ4v) is 5.01. The van der Waals surface area contributed by atoms with Crippen LogP contribution in [0.4, 0.5) is 0 Å². The van der Waals surface area contributed by atoms with Crippen molar-refractivity contribution in [3.8, 4) is 0 Å². The molecule has 0 bridgehead atoms. The Balaban J connectivity index is 1.28. The highest BCUT2D eigenvalue weighted by Crippen LogP contribution is 2.38. The highest BCUT2D eigenvalue weighted by Gasteiger charge is 2.44. The molecule has 23 heavy (non-hydrogen) atoms. The lowest BCUT2D eigenvalue weighted by molar-refractivity contribution is -0.0454. The molecule has 1 aromatic rings. The van der Waals surface area contributed by atoms with Gasteiger partial charge in [-0.05, 0) is 48.7 Å². The van der Waals surface area contributed by atoms with E-state index in [9.17, 15) is 0 Å². The lowest BCUT2D eigenvalue weighted by Crippen LogP contribution is -2.50. The summed E-state index contributed by atoms with van der Waals surface area (Å²) in [7, 11) is 2.23. The number of likely N-dealkylation sites (tertiary alicyclic amines) is 1. The molecule has 0 saturated carbocycles. The predicted octanol–water partition coefficient (Wildman–Crippen LogP) is 2.12. The van der Waals surface area contributed by atoms with E-state index in [1.54, 1.807) is 11.3 Å². The second-order valence-corrected chi connectivity index (χ2v) is 8.38. The van der Waals surface area contributed by atoms with Crippen molar-refractivity contribution in [2.45, 2.75) is 37.5 Å². The van der Waals surface area contributed by atoms with E-state index in [2.05, 4.69) is 38.6 Å². The Bertz CT molecular complexity index is 490. The summed E-state index contributed by atoms with van der Waals surface area (Å²) in [5.74, 6) is 0. The van der Waals surface area contributed by atoms with Crippen molar-refractivity contribution < 1.29 is 4.74 Å². The molecule has 128 valence electrons. The van der Waals surface area contributed by atoms with E-state index in [1.165, 1.54) is 64.1 Å². The second-order valence-electron chi connectivity index (χ2n) is 7.60. The molecule has 0 N–H and O–H groups in total. The average molecular weight is 336 g/mol. The molecule has 4 rings (SSSR count). The van der Waals surface area contributed by atoms with E-state index in [-0.39, 0.29) is 5.60 Å². The second kappa shape index (κ2) is 6.81. The van der Waals surface area contributed by atoms with Gasteiger partial charge in [-0.15, -0.1) is 0 Å². The Morgan fingerprint density at radius 3 is 2.65 bits per heavy atom. The third-order valence-corrected chi connectivity index (χ3v) is 6.73. The van der Waals surface area contributed by atoms with Crippen molar-refractivity contribution >= 4 is 11.3 Å². The first-order chi connectivity index (χ1) is 11.2. The number of nitrogens with zero attached hydrogens (tertiary/aromatic N) is 3. The number of hydrogen-bond donors (Lipinski definition) is 0. The topological polar surface area (TPSA) is 19.0 Å². The monoisotopic (exact) mass is 335 g/mol. The first-order valence-corrected chi connectivity index (χ1v) is 9.97. The third-order valence-electron chi connectivity index (χ3n) is 6.00. The Morgan fingerprint density at radius 2 is 1.96 bits per heavy atom. The minimum absolute atomic E-state index is 0.180. The van der Waals surface area contributed by atoms with E-state index in [0.29, 0.717) is 6.04 Å². The zero-order valence-corrected chi connectivity index (χ0v) is 15.1. The molecule has 0 unspecified atom stereocenters. The van der Waals surface area contributed by atoms with Gasteiger partial charge in [0.2, 0.25) is 0 Å². The Labute approximate surface area is 144 Å². The van der Waals surface area contributed by atoms with Crippen LogP contribution < -0.4 is 0 Å². The van der Waals surface area contributed by atoms with E-state index in [4.69, 9.17) is 4.74 Å². The number of ether oxygens (including phenoxy) is 1. The molecule has 3 saturated heterocycles. The number of hydrogen-bond acceptors (Lipinski definition) is 5. The molecule has 0 aliphatic carbocycles. The summed E-state index contributed by atoms with van der Waals surface area (Å²) in [6, 6.07) is 2.91. The van der Waals surface area contributed by atoms with Crippen LogP contribution in [-0.2, 0) is 11.3 Å². The van der Waals surface area contributed by atoms with Crippen LogP contribution >= 0.6 is 11.3 Å². The van der Waals surface area contributed by atoms with Crippen LogP contribution in [0.1, 0.15) is 24.8 Å². The van der Waals surface area contributed by atoms with Crippen LogP contribution in [0, 0.1) is 0 Å². The summed E-state index contributed by atoms with van der Waals surface area (Å²) in [4.78, 5) is 7.71. The minimum atomic E-state index is 0.180. The fraction of sp³-hybridized carbons (Fsp3) is 0.778. The molecule has 3 aliphatic rings. The van der Waals surface area contributed by atoms with Crippen molar-refractivity contribution in [2.75, 3.05) is 52.9 Å². The SMILES string of the molecule is CN1CCN([C@H]2COC3(CCN(Cc4ccsc4)CC3)C2)CC1. The summed E-state index contributed by atoms with van der Waals surface area (Å²) >= 11 is 1.80. The van der Waals surface area contributed by atoms with E-state index < -0.39 is 0 Å². The molecule has 5 heteroatoms. The number of thiophene rings is 1. The van der Waals surface area contributed by atoms with E-state index >= 15 is 0 Å². The summed E-state index contributed by atoms with van der Waals surface area (Å²) in [5, 5.41) is 4.46. The van der Waals surface area contributed by atoms with Crippen LogP contribution in [0.2, 0.25) is 0 Å². The third kappa shape index (κ3) is 3.64. The number of piperidine rings is 1. The standard InChI is InChI=1S/C18H29N3OS/c1-19-7-9-21(10-8-19)17-12-18(22-14-17)3-5-20(6-4-18)13-16-2-11-23-15-16/h2,11,15,17H,3-10,12-14H2,1H3/t17-/m1/s1. The summed E-state index contributed by atoms with van der Waals surface area (Å²) in [6.07, 6.45) is 3.67. The van der Waals surface area contributed by atoms with E-state index in [1.807, 2.05) is 0 Å². The summed E-state index contributed by atoms with van der Waals surface area (Å²) in [6.45, 7) is 9.28. The van der Waals surface area contributed by atoms with Crippen molar-refractivity contribution in [1.29, 1.82) is 0 Å². The molecular formula is C18H29N3OS. The van der Waals surface area contributed by atoms with Gasteiger partial charge in [0.1, 0.15) is 0 Å². The maximum atomic E-state index is 6.38. The normalized spacial score (nSPS) is 30.2. The molecule has 0 amide bonds. The lowest BCUT2D eigenvalue weighted by atomic mass is 9.87. The predicted molar refractivity (Wildman–Crippen MR) is 95.0 cm³/mol. The quantitative estimate of drug-likeness (QED) is 0.842. The molecule has 4 nitrogen and oxygen atoms in total. The van der Waals surface area contributed by atoms with Gasteiger partial charge in [0.25, 0.3) is 0 Å². The van der Waals surface area contributed by atoms with Crippen LogP contribution in [0.15, 0.2) is 16.8 Å². The van der Waals surface area contributed by atoms with Crippen molar-refractivity contribution in [3.63, 3.8) is 0 Å². The molecule has 1 atom stereocenters. The van der Waals surface area contributed by atoms with Gasteiger partial charge in [0, 0.05) is 51.9 Å². The van der Waals surface area contributed by atoms with Gasteiger partial charge >= 0.3 is 0 Å². The summed E-state index contributed by atoms with van der Waals surface area (Å²) < 4.78 is 6.38.